The summed E-state index contributed by atoms with van der Waals surface area (Å²) in [5.41, 5.74) is 0. The van der Waals surface area contributed by atoms with Gasteiger partial charge in [-0.2, -0.15) is 0 Å². The first-order valence-electron chi connectivity index (χ1n) is 4.36. The molecule has 0 aliphatic heterocycles. The molecule has 3 heteroatoms. The third-order valence-corrected chi connectivity index (χ3v) is 1.73. The first-order chi connectivity index (χ1) is 5.81. The fraction of sp³-hybridized carbons (Fsp3) is 0.778. The lowest BCUT2D eigenvalue weighted by Crippen LogP contribution is -2.05. The van der Waals surface area contributed by atoms with Crippen molar-refractivity contribution in [1.29, 1.82) is 0 Å². The van der Waals surface area contributed by atoms with Gasteiger partial charge in [0.15, 0.2) is 0 Å². The Morgan fingerprint density at radius 1 is 1.33 bits per heavy atom. The van der Waals surface area contributed by atoms with Crippen molar-refractivity contribution >= 4 is 23.6 Å². The predicted molar refractivity (Wildman–Crippen MR) is 52.3 cm³/mol. The lowest BCUT2D eigenvalue weighted by atomic mass is 10.2. The van der Waals surface area contributed by atoms with Crippen LogP contribution in [0.5, 0.6) is 0 Å². The first-order valence-corrected chi connectivity index (χ1v) is 4.77. The molecule has 0 aliphatic carbocycles. The summed E-state index contributed by atoms with van der Waals surface area (Å²) in [5.74, 6) is -0.513. The summed E-state index contributed by atoms with van der Waals surface area (Å²) in [4.78, 5) is 10.5. The molecule has 0 aliphatic rings. The number of carbonyl (C=O) groups excluding carboxylic acids is 1. The molecule has 0 bridgehead atoms. The van der Waals surface area contributed by atoms with Crippen molar-refractivity contribution in [2.24, 2.45) is 0 Å². The zero-order valence-electron chi connectivity index (χ0n) is 7.47. The van der Waals surface area contributed by atoms with Crippen LogP contribution >= 0.6 is 12.2 Å². The van der Waals surface area contributed by atoms with E-state index in [0.29, 0.717) is 6.61 Å². The Bertz CT molecular complexity index is 134. The summed E-state index contributed by atoms with van der Waals surface area (Å²) >= 11 is 4.27. The fourth-order valence-corrected chi connectivity index (χ4v) is 0.959. The van der Waals surface area contributed by atoms with Gasteiger partial charge >= 0.3 is 5.97 Å². The maximum atomic E-state index is 10.5. The lowest BCUT2D eigenvalue weighted by molar-refractivity contribution is -0.134. The second kappa shape index (κ2) is 8.65. The highest BCUT2D eigenvalue weighted by Gasteiger charge is 1.95. The Morgan fingerprint density at radius 3 is 2.58 bits per heavy atom. The minimum absolute atomic E-state index is 0.478. The molecule has 69 valence electrons. The number of hydrogen-bond acceptors (Lipinski definition) is 3. The molecule has 0 saturated heterocycles. The van der Waals surface area contributed by atoms with E-state index in [2.05, 4.69) is 19.1 Å². The molecule has 0 saturated carbocycles. The van der Waals surface area contributed by atoms with Crippen molar-refractivity contribution < 1.29 is 9.53 Å². The van der Waals surface area contributed by atoms with Crippen LogP contribution in [-0.4, -0.2) is 17.9 Å². The number of carbonyl (C=O) groups is 1. The largest absolute Gasteiger partial charge is 0.461 e. The molecule has 0 aromatic heterocycles. The Hall–Kier alpha value is -0.440. The minimum atomic E-state index is -0.513. The van der Waals surface area contributed by atoms with Crippen molar-refractivity contribution in [1.82, 2.24) is 0 Å². The highest BCUT2D eigenvalue weighted by Crippen LogP contribution is 2.01. The molecular formula is C9H15O2S. The quantitative estimate of drug-likeness (QED) is 0.348. The molecule has 1 radical (unpaired) electrons. The molecule has 2 nitrogen and oxygen atoms in total. The zero-order chi connectivity index (χ0) is 9.23. The van der Waals surface area contributed by atoms with Gasteiger partial charge in [-0.3, -0.25) is 0 Å². The van der Waals surface area contributed by atoms with E-state index in [1.54, 1.807) is 0 Å². The molecule has 0 spiro atoms. The molecular weight excluding hydrogens is 172 g/mol. The van der Waals surface area contributed by atoms with Gasteiger partial charge in [0.05, 0.1) is 6.61 Å². The number of hydrogen-bond donors (Lipinski definition) is 0. The van der Waals surface area contributed by atoms with E-state index in [-0.39, 0.29) is 0 Å². The Kier molecular flexibility index (Phi) is 8.34. The smallest absolute Gasteiger partial charge is 0.350 e. The van der Waals surface area contributed by atoms with Crippen LogP contribution in [0.3, 0.4) is 0 Å². The van der Waals surface area contributed by atoms with Crippen LogP contribution < -0.4 is 0 Å². The van der Waals surface area contributed by atoms with E-state index in [1.807, 2.05) is 5.37 Å². The van der Waals surface area contributed by atoms with E-state index >= 15 is 0 Å². The average Bonchev–Trinajstić information content (AvgIpc) is 2.10. The molecule has 0 N–H and O–H groups in total. The highest BCUT2D eigenvalue weighted by molar-refractivity contribution is 7.80. The van der Waals surface area contributed by atoms with Gasteiger partial charge in [0.25, 0.3) is 0 Å². The Labute approximate surface area is 79.3 Å². The SMILES string of the molecule is CCCCCCCOC(=O)[C]=S. The molecule has 0 amide bonds. The van der Waals surface area contributed by atoms with Crippen molar-refractivity contribution in [2.75, 3.05) is 6.61 Å². The number of thiocarbonyl (C=S) groups is 1. The topological polar surface area (TPSA) is 26.3 Å². The molecule has 12 heavy (non-hydrogen) atoms. The second-order valence-corrected chi connectivity index (χ2v) is 2.86. The summed E-state index contributed by atoms with van der Waals surface area (Å²) in [5, 5.41) is 1.99. The maximum Gasteiger partial charge on any atom is 0.350 e. The van der Waals surface area contributed by atoms with Gasteiger partial charge in [0, 0.05) is 0 Å². The number of unbranched alkanes of at least 4 members (excludes halogenated alkanes) is 4. The van der Waals surface area contributed by atoms with Crippen LogP contribution in [0.15, 0.2) is 0 Å². The van der Waals surface area contributed by atoms with Crippen LogP contribution in [0.25, 0.3) is 0 Å². The number of esters is 1. The van der Waals surface area contributed by atoms with Crippen LogP contribution in [-0.2, 0) is 9.53 Å². The normalized spacial score (nSPS) is 9.42. The standard InChI is InChI=1S/C9H15O2S/c1-2-3-4-5-6-7-11-9(10)8-12/h2-7H2,1H3. The summed E-state index contributed by atoms with van der Waals surface area (Å²) < 4.78 is 4.72. The van der Waals surface area contributed by atoms with Crippen molar-refractivity contribution in [3.05, 3.63) is 0 Å². The second-order valence-electron chi connectivity index (χ2n) is 2.65. The monoisotopic (exact) mass is 187 g/mol. The third kappa shape index (κ3) is 7.66. The fourth-order valence-electron chi connectivity index (χ4n) is 0.900. The van der Waals surface area contributed by atoms with E-state index in [4.69, 9.17) is 4.74 Å². The molecule has 0 fully saturated rings. The first kappa shape index (κ1) is 11.6. The van der Waals surface area contributed by atoms with Gasteiger partial charge in [0.2, 0.25) is 0 Å². The lowest BCUT2D eigenvalue weighted by Gasteiger charge is -2.00. The zero-order valence-corrected chi connectivity index (χ0v) is 8.28. The van der Waals surface area contributed by atoms with E-state index < -0.39 is 5.97 Å². The number of ether oxygens (including phenoxy) is 1. The van der Waals surface area contributed by atoms with Crippen LogP contribution in [0.1, 0.15) is 39.0 Å². The van der Waals surface area contributed by atoms with E-state index in [9.17, 15) is 4.79 Å². The van der Waals surface area contributed by atoms with Crippen molar-refractivity contribution in [3.8, 4) is 0 Å². The van der Waals surface area contributed by atoms with Crippen molar-refractivity contribution in [2.45, 2.75) is 39.0 Å². The van der Waals surface area contributed by atoms with Crippen LogP contribution in [0.4, 0.5) is 0 Å². The Morgan fingerprint density at radius 2 is 2.00 bits per heavy atom. The summed E-state index contributed by atoms with van der Waals surface area (Å²) in [6.07, 6.45) is 5.76. The number of rotatable bonds is 7. The third-order valence-electron chi connectivity index (χ3n) is 1.56. The molecule has 0 heterocycles. The summed E-state index contributed by atoms with van der Waals surface area (Å²) in [6, 6.07) is 0. The van der Waals surface area contributed by atoms with E-state index in [0.717, 1.165) is 12.8 Å². The van der Waals surface area contributed by atoms with Crippen LogP contribution in [0, 0.1) is 0 Å². The van der Waals surface area contributed by atoms with Crippen LogP contribution in [0.2, 0.25) is 0 Å². The maximum absolute atomic E-state index is 10.5. The predicted octanol–water partition coefficient (Wildman–Crippen LogP) is 2.38. The Balaban J connectivity index is 3.00. The van der Waals surface area contributed by atoms with Gasteiger partial charge < -0.3 is 4.74 Å². The molecule has 0 rings (SSSR count). The molecule has 0 atom stereocenters. The van der Waals surface area contributed by atoms with Gasteiger partial charge in [-0.15, -0.1) is 0 Å². The minimum Gasteiger partial charge on any atom is -0.461 e. The van der Waals surface area contributed by atoms with Gasteiger partial charge in [-0.25, -0.2) is 4.79 Å². The summed E-state index contributed by atoms with van der Waals surface area (Å²) in [7, 11) is 0. The average molecular weight is 187 g/mol. The van der Waals surface area contributed by atoms with Gasteiger partial charge in [-0.05, 0) is 6.42 Å². The molecule has 0 aromatic carbocycles. The van der Waals surface area contributed by atoms with Gasteiger partial charge in [0.1, 0.15) is 5.37 Å². The summed E-state index contributed by atoms with van der Waals surface area (Å²) in [6.45, 7) is 2.65. The van der Waals surface area contributed by atoms with Crippen molar-refractivity contribution in [3.63, 3.8) is 0 Å². The molecule has 0 unspecified atom stereocenters. The highest BCUT2D eigenvalue weighted by atomic mass is 32.1. The van der Waals surface area contributed by atoms with Gasteiger partial charge in [-0.1, -0.05) is 44.8 Å². The van der Waals surface area contributed by atoms with E-state index in [1.165, 1.54) is 19.3 Å². The molecule has 0 aromatic rings.